The van der Waals surface area contributed by atoms with Gasteiger partial charge in [-0.1, -0.05) is 44.4 Å². The lowest BCUT2D eigenvalue weighted by atomic mass is 9.89. The Labute approximate surface area is 185 Å². The quantitative estimate of drug-likeness (QED) is 0.325. The Morgan fingerprint density at radius 2 is 1.62 bits per heavy atom. The maximum absolute atomic E-state index is 14.3. The second-order valence-corrected chi connectivity index (χ2v) is 7.66. The number of hydrogen-bond donors (Lipinski definition) is 0. The minimum absolute atomic E-state index is 0.0305. The van der Waals surface area contributed by atoms with E-state index < -0.39 is 23.2 Å². The number of halogens is 2. The van der Waals surface area contributed by atoms with Crippen molar-refractivity contribution in [2.24, 2.45) is 10.9 Å². The Kier molecular flexibility index (Phi) is 6.63. The van der Waals surface area contributed by atoms with E-state index in [-0.39, 0.29) is 46.0 Å². The van der Waals surface area contributed by atoms with E-state index in [4.69, 9.17) is 4.74 Å². The number of ketones is 2. The van der Waals surface area contributed by atoms with Crippen LogP contribution in [-0.4, -0.2) is 24.4 Å². The van der Waals surface area contributed by atoms with E-state index in [1.165, 1.54) is 13.2 Å². The Morgan fingerprint density at radius 1 is 1.03 bits per heavy atom. The molecule has 0 radical (unpaired) electrons. The van der Waals surface area contributed by atoms with Gasteiger partial charge in [0.15, 0.2) is 5.78 Å². The largest absolute Gasteiger partial charge is 0.496 e. The molecule has 0 saturated carbocycles. The molecule has 0 bridgehead atoms. The van der Waals surface area contributed by atoms with E-state index in [1.54, 1.807) is 31.2 Å². The topological polar surface area (TPSA) is 55.7 Å². The molecule has 1 aliphatic rings. The average Bonchev–Trinajstić information content (AvgIpc) is 2.76. The molecule has 0 N–H and O–H groups in total. The number of allylic oxidation sites excluding steroid dienone is 3. The third-order valence-electron chi connectivity index (χ3n) is 5.29. The number of ether oxygens (including phenoxy) is 1. The number of methoxy groups -OCH3 is 1. The van der Waals surface area contributed by atoms with E-state index in [2.05, 4.69) is 18.2 Å². The highest BCUT2D eigenvalue weighted by Gasteiger charge is 2.28. The molecule has 0 aliphatic carbocycles. The van der Waals surface area contributed by atoms with Gasteiger partial charge in [0.1, 0.15) is 23.1 Å². The second-order valence-electron chi connectivity index (χ2n) is 7.66. The van der Waals surface area contributed by atoms with E-state index >= 15 is 0 Å². The van der Waals surface area contributed by atoms with Gasteiger partial charge in [0.05, 0.1) is 23.9 Å². The summed E-state index contributed by atoms with van der Waals surface area (Å²) in [5.41, 5.74) is 0.548. The lowest BCUT2D eigenvalue weighted by Gasteiger charge is -2.19. The number of rotatable bonds is 7. The van der Waals surface area contributed by atoms with Gasteiger partial charge in [0, 0.05) is 11.1 Å². The van der Waals surface area contributed by atoms with E-state index in [0.717, 1.165) is 12.1 Å². The molecule has 164 valence electrons. The molecule has 0 spiro atoms. The molecular formula is C26H23F2NO3. The van der Waals surface area contributed by atoms with Crippen molar-refractivity contribution >= 4 is 17.3 Å². The minimum Gasteiger partial charge on any atom is -0.496 e. The summed E-state index contributed by atoms with van der Waals surface area (Å²) < 4.78 is 33.8. The van der Waals surface area contributed by atoms with Crippen molar-refractivity contribution in [3.63, 3.8) is 0 Å². The number of hydrogen-bond acceptors (Lipinski definition) is 4. The van der Waals surface area contributed by atoms with Crippen LogP contribution in [0.15, 0.2) is 77.5 Å². The van der Waals surface area contributed by atoms with Crippen LogP contribution in [0.1, 0.15) is 34.8 Å². The highest BCUT2D eigenvalue weighted by molar-refractivity contribution is 6.23. The van der Waals surface area contributed by atoms with Gasteiger partial charge in [-0.15, -0.1) is 0 Å². The molecule has 0 fully saturated rings. The number of aliphatic imine (C=N–C) groups is 1. The van der Waals surface area contributed by atoms with Crippen molar-refractivity contribution in [3.8, 4) is 5.75 Å². The minimum atomic E-state index is -0.755. The molecule has 0 saturated heterocycles. The molecular weight excluding hydrogens is 412 g/mol. The standard InChI is InChI=1S/C26H23F2NO3/c1-14-12-20(24-18(27)9-7-10-19(24)28)29-21(13-14)25(30)16(3)17(4)26(31)23-15(2)8-6-11-22(23)32-5/h6-11,13-14H,3-4,12H2,1-2,5H3. The van der Waals surface area contributed by atoms with Crippen LogP contribution in [0.4, 0.5) is 8.78 Å². The zero-order valence-electron chi connectivity index (χ0n) is 18.2. The molecule has 1 heterocycles. The predicted octanol–water partition coefficient (Wildman–Crippen LogP) is 5.56. The Hall–Kier alpha value is -3.67. The van der Waals surface area contributed by atoms with E-state index in [0.29, 0.717) is 11.3 Å². The smallest absolute Gasteiger partial charge is 0.211 e. The van der Waals surface area contributed by atoms with Gasteiger partial charge >= 0.3 is 0 Å². The maximum Gasteiger partial charge on any atom is 0.211 e. The fourth-order valence-electron chi connectivity index (χ4n) is 3.60. The van der Waals surface area contributed by atoms with Crippen LogP contribution in [0, 0.1) is 24.5 Å². The highest BCUT2D eigenvalue weighted by atomic mass is 19.1. The van der Waals surface area contributed by atoms with Crippen LogP contribution in [0.3, 0.4) is 0 Å². The average molecular weight is 435 g/mol. The van der Waals surface area contributed by atoms with Gasteiger partial charge in [-0.05, 0) is 43.0 Å². The van der Waals surface area contributed by atoms with Crippen molar-refractivity contribution in [3.05, 3.63) is 101 Å². The van der Waals surface area contributed by atoms with Crippen molar-refractivity contribution in [1.29, 1.82) is 0 Å². The molecule has 1 aliphatic heterocycles. The summed E-state index contributed by atoms with van der Waals surface area (Å²) in [7, 11) is 1.45. The first-order valence-corrected chi connectivity index (χ1v) is 10.0. The summed E-state index contributed by atoms with van der Waals surface area (Å²) >= 11 is 0. The summed E-state index contributed by atoms with van der Waals surface area (Å²) in [6, 6.07) is 8.68. The Bertz CT molecular complexity index is 1190. The SMILES string of the molecule is C=C(C(=C)C(=O)c1c(C)cccc1OC)C(=O)C1=CC(C)CC(c2c(F)cccc2F)=N1. The number of nitrogens with zero attached hydrogens (tertiary/aromatic N) is 1. The van der Waals surface area contributed by atoms with Crippen LogP contribution < -0.4 is 4.74 Å². The molecule has 6 heteroatoms. The van der Waals surface area contributed by atoms with Crippen LogP contribution in [0.2, 0.25) is 0 Å². The molecule has 0 aromatic heterocycles. The number of Topliss-reactive ketones (excluding diaryl/α,β-unsaturated/α-hetero) is 2. The first kappa shape index (κ1) is 23.0. The highest BCUT2D eigenvalue weighted by Crippen LogP contribution is 2.29. The van der Waals surface area contributed by atoms with Crippen LogP contribution in [0.25, 0.3) is 0 Å². The summed E-state index contributed by atoms with van der Waals surface area (Å²) in [6.45, 7) is 11.1. The maximum atomic E-state index is 14.3. The molecule has 1 atom stereocenters. The molecule has 2 aromatic rings. The fourth-order valence-corrected chi connectivity index (χ4v) is 3.60. The van der Waals surface area contributed by atoms with Crippen molar-refractivity contribution < 1.29 is 23.1 Å². The van der Waals surface area contributed by atoms with Gasteiger partial charge in [0.2, 0.25) is 5.78 Å². The number of benzene rings is 2. The molecule has 1 unspecified atom stereocenters. The second kappa shape index (κ2) is 9.22. The first-order chi connectivity index (χ1) is 15.1. The lowest BCUT2D eigenvalue weighted by molar-refractivity contribution is -0.112. The third-order valence-corrected chi connectivity index (χ3v) is 5.29. The van der Waals surface area contributed by atoms with Gasteiger partial charge in [-0.3, -0.25) is 9.59 Å². The van der Waals surface area contributed by atoms with Gasteiger partial charge < -0.3 is 4.74 Å². The van der Waals surface area contributed by atoms with Gasteiger partial charge in [-0.2, -0.15) is 0 Å². The first-order valence-electron chi connectivity index (χ1n) is 10.0. The van der Waals surface area contributed by atoms with Crippen molar-refractivity contribution in [2.45, 2.75) is 20.3 Å². The molecule has 3 rings (SSSR count). The summed E-state index contributed by atoms with van der Waals surface area (Å²) in [6.07, 6.45) is 1.86. The van der Waals surface area contributed by atoms with Crippen LogP contribution in [0.5, 0.6) is 5.75 Å². The van der Waals surface area contributed by atoms with E-state index in [1.807, 2.05) is 6.92 Å². The van der Waals surface area contributed by atoms with Crippen LogP contribution >= 0.6 is 0 Å². The molecule has 4 nitrogen and oxygen atoms in total. The normalized spacial score (nSPS) is 15.5. The third kappa shape index (κ3) is 4.35. The summed E-state index contributed by atoms with van der Waals surface area (Å²) in [5, 5.41) is 0. The van der Waals surface area contributed by atoms with Crippen LogP contribution in [-0.2, 0) is 4.79 Å². The van der Waals surface area contributed by atoms with Crippen molar-refractivity contribution in [1.82, 2.24) is 0 Å². The fraction of sp³-hybridized carbons (Fsp3) is 0.192. The number of aryl methyl sites for hydroxylation is 1. The molecule has 2 aromatic carbocycles. The predicted molar refractivity (Wildman–Crippen MR) is 120 cm³/mol. The number of carbonyl (C=O) groups excluding carboxylic acids is 2. The van der Waals surface area contributed by atoms with Gasteiger partial charge in [0.25, 0.3) is 0 Å². The Morgan fingerprint density at radius 3 is 2.25 bits per heavy atom. The summed E-state index contributed by atoms with van der Waals surface area (Å²) in [5.74, 6) is -2.47. The monoisotopic (exact) mass is 435 g/mol. The molecule has 32 heavy (non-hydrogen) atoms. The zero-order chi connectivity index (χ0) is 23.6. The van der Waals surface area contributed by atoms with Crippen molar-refractivity contribution in [2.75, 3.05) is 7.11 Å². The molecule has 0 amide bonds. The van der Waals surface area contributed by atoms with E-state index in [9.17, 15) is 18.4 Å². The zero-order valence-corrected chi connectivity index (χ0v) is 18.2. The van der Waals surface area contributed by atoms with Gasteiger partial charge in [-0.25, -0.2) is 13.8 Å². The number of carbonyl (C=O) groups is 2. The Balaban J connectivity index is 1.93. The summed E-state index contributed by atoms with van der Waals surface area (Å²) in [4.78, 5) is 30.4. The lowest BCUT2D eigenvalue weighted by Crippen LogP contribution is -2.20.